The second-order valence-corrected chi connectivity index (χ2v) is 7.22. The van der Waals surface area contributed by atoms with Gasteiger partial charge >= 0.3 is 0 Å². The van der Waals surface area contributed by atoms with E-state index in [9.17, 15) is 9.59 Å². The highest BCUT2D eigenvalue weighted by atomic mass is 32.2. The van der Waals surface area contributed by atoms with Gasteiger partial charge in [-0.1, -0.05) is 47.7 Å². The van der Waals surface area contributed by atoms with E-state index in [4.69, 9.17) is 0 Å². The molecule has 6 nitrogen and oxygen atoms in total. The van der Waals surface area contributed by atoms with Crippen molar-refractivity contribution in [3.8, 4) is 0 Å². The Kier molecular flexibility index (Phi) is 6.39. The summed E-state index contributed by atoms with van der Waals surface area (Å²) in [5.74, 6) is 0.224. The first-order chi connectivity index (χ1) is 13.5. The van der Waals surface area contributed by atoms with Crippen LogP contribution in [-0.4, -0.2) is 27.8 Å². The topological polar surface area (TPSA) is 84.0 Å². The predicted molar refractivity (Wildman–Crippen MR) is 112 cm³/mol. The molecule has 2 aromatic carbocycles. The number of nitrogens with zero attached hydrogens (tertiary/aromatic N) is 2. The zero-order chi connectivity index (χ0) is 19.9. The van der Waals surface area contributed by atoms with E-state index in [2.05, 4.69) is 20.8 Å². The molecule has 0 spiro atoms. The molecule has 2 amide bonds. The second-order valence-electron chi connectivity index (χ2n) is 6.23. The fourth-order valence-corrected chi connectivity index (χ4v) is 3.01. The number of amides is 2. The van der Waals surface area contributed by atoms with Gasteiger partial charge in [0.2, 0.25) is 5.91 Å². The van der Waals surface area contributed by atoms with Crippen molar-refractivity contribution in [2.75, 3.05) is 16.4 Å². The fraction of sp³-hybridized carbons (Fsp3) is 0.143. The first-order valence-corrected chi connectivity index (χ1v) is 9.70. The van der Waals surface area contributed by atoms with E-state index in [1.165, 1.54) is 11.8 Å². The van der Waals surface area contributed by atoms with Crippen molar-refractivity contribution >= 4 is 35.1 Å². The summed E-state index contributed by atoms with van der Waals surface area (Å²) in [5, 5.41) is 14.2. The van der Waals surface area contributed by atoms with Gasteiger partial charge in [-0.15, -0.1) is 10.2 Å². The van der Waals surface area contributed by atoms with Gasteiger partial charge in [-0.2, -0.15) is 0 Å². The van der Waals surface area contributed by atoms with Crippen LogP contribution in [0.2, 0.25) is 0 Å². The van der Waals surface area contributed by atoms with E-state index in [0.29, 0.717) is 16.4 Å². The maximum Gasteiger partial charge on any atom is 0.256 e. The molecule has 3 aromatic rings. The highest BCUT2D eigenvalue weighted by Gasteiger charge is 2.09. The number of carbonyl (C=O) groups is 2. The number of benzene rings is 2. The van der Waals surface area contributed by atoms with Crippen molar-refractivity contribution in [2.45, 2.75) is 18.9 Å². The number of thioether (sulfide) groups is 1. The highest BCUT2D eigenvalue weighted by molar-refractivity contribution is 7.99. The van der Waals surface area contributed by atoms with Crippen LogP contribution in [0.1, 0.15) is 21.5 Å². The Morgan fingerprint density at radius 1 is 0.893 bits per heavy atom. The number of para-hydroxylation sites is 1. The molecule has 0 aliphatic heterocycles. The first-order valence-electron chi connectivity index (χ1n) is 8.71. The summed E-state index contributed by atoms with van der Waals surface area (Å²) in [6.07, 6.45) is 0. The number of hydrogen-bond donors (Lipinski definition) is 2. The molecule has 0 aliphatic rings. The molecule has 0 unspecified atom stereocenters. The van der Waals surface area contributed by atoms with E-state index in [1.54, 1.807) is 24.3 Å². The van der Waals surface area contributed by atoms with Crippen LogP contribution in [-0.2, 0) is 4.79 Å². The third-order valence-electron chi connectivity index (χ3n) is 3.97. The van der Waals surface area contributed by atoms with E-state index in [-0.39, 0.29) is 17.6 Å². The lowest BCUT2D eigenvalue weighted by molar-refractivity contribution is -0.113. The van der Waals surface area contributed by atoms with Crippen molar-refractivity contribution < 1.29 is 9.59 Å². The Bertz CT molecular complexity index is 972. The van der Waals surface area contributed by atoms with E-state index >= 15 is 0 Å². The molecule has 0 radical (unpaired) electrons. The van der Waals surface area contributed by atoms with Gasteiger partial charge in [0, 0.05) is 11.3 Å². The van der Waals surface area contributed by atoms with Crippen molar-refractivity contribution in [1.29, 1.82) is 0 Å². The van der Waals surface area contributed by atoms with Gasteiger partial charge < -0.3 is 10.6 Å². The number of carbonyl (C=O) groups excluding carboxylic acids is 2. The average molecular weight is 392 g/mol. The Hall–Kier alpha value is -3.19. The van der Waals surface area contributed by atoms with Crippen molar-refractivity contribution in [1.82, 2.24) is 10.2 Å². The summed E-state index contributed by atoms with van der Waals surface area (Å²) in [5.41, 5.74) is 3.45. The number of nitrogens with one attached hydrogen (secondary N) is 2. The molecular weight excluding hydrogens is 372 g/mol. The lowest BCUT2D eigenvalue weighted by Crippen LogP contribution is -2.15. The second kappa shape index (κ2) is 9.14. The molecule has 0 saturated heterocycles. The quantitative estimate of drug-likeness (QED) is 0.618. The third-order valence-corrected chi connectivity index (χ3v) is 4.89. The van der Waals surface area contributed by atoms with E-state index < -0.39 is 0 Å². The predicted octanol–water partition coefficient (Wildman–Crippen LogP) is 4.08. The summed E-state index contributed by atoms with van der Waals surface area (Å²) in [7, 11) is 0. The fourth-order valence-electron chi connectivity index (χ4n) is 2.40. The molecule has 3 rings (SSSR count). The van der Waals surface area contributed by atoms with E-state index in [0.717, 1.165) is 16.8 Å². The van der Waals surface area contributed by atoms with E-state index in [1.807, 2.05) is 50.2 Å². The molecule has 0 atom stereocenters. The molecule has 0 fully saturated rings. The highest BCUT2D eigenvalue weighted by Crippen LogP contribution is 2.18. The number of anilines is 2. The summed E-state index contributed by atoms with van der Waals surface area (Å²) in [6, 6.07) is 18.3. The Morgan fingerprint density at radius 3 is 2.32 bits per heavy atom. The van der Waals surface area contributed by atoms with Gasteiger partial charge in [0.1, 0.15) is 5.03 Å². The van der Waals surface area contributed by atoms with Crippen LogP contribution in [0.15, 0.2) is 65.7 Å². The maximum absolute atomic E-state index is 12.2. The normalized spacial score (nSPS) is 10.4. The molecule has 7 heteroatoms. The minimum absolute atomic E-state index is 0.113. The Labute approximate surface area is 167 Å². The molecule has 142 valence electrons. The SMILES string of the molecule is Cc1ccc(C(=O)Nc2ccc(SCC(=O)Nc3ccccc3C)nn2)cc1. The molecule has 1 aromatic heterocycles. The molecule has 1 heterocycles. The van der Waals surface area contributed by atoms with Crippen LogP contribution in [0, 0.1) is 13.8 Å². The monoisotopic (exact) mass is 392 g/mol. The molecular formula is C21H20N4O2S. The minimum atomic E-state index is -0.243. The van der Waals surface area contributed by atoms with Crippen molar-refractivity contribution in [3.05, 3.63) is 77.4 Å². The standard InChI is InChI=1S/C21H20N4O2S/c1-14-7-9-16(10-8-14)21(27)23-18-11-12-20(25-24-18)28-13-19(26)22-17-6-4-3-5-15(17)2/h3-12H,13H2,1-2H3,(H,22,26)(H,23,24,27). The molecule has 0 bridgehead atoms. The van der Waals surface area contributed by atoms with Crippen LogP contribution in [0.5, 0.6) is 0 Å². The zero-order valence-corrected chi connectivity index (χ0v) is 16.4. The number of aryl methyl sites for hydroxylation is 2. The average Bonchev–Trinajstić information content (AvgIpc) is 2.70. The largest absolute Gasteiger partial charge is 0.325 e. The van der Waals surface area contributed by atoms with Crippen molar-refractivity contribution in [2.24, 2.45) is 0 Å². The summed E-state index contributed by atoms with van der Waals surface area (Å²) in [6.45, 7) is 3.91. The summed E-state index contributed by atoms with van der Waals surface area (Å²) >= 11 is 1.28. The molecule has 0 aliphatic carbocycles. The van der Waals surface area contributed by atoms with Gasteiger partial charge in [-0.3, -0.25) is 9.59 Å². The molecule has 28 heavy (non-hydrogen) atoms. The zero-order valence-electron chi connectivity index (χ0n) is 15.6. The summed E-state index contributed by atoms with van der Waals surface area (Å²) in [4.78, 5) is 24.3. The molecule has 2 N–H and O–H groups in total. The maximum atomic E-state index is 12.2. The lowest BCUT2D eigenvalue weighted by atomic mass is 10.1. The lowest BCUT2D eigenvalue weighted by Gasteiger charge is -2.08. The van der Waals surface area contributed by atoms with Crippen LogP contribution in [0.4, 0.5) is 11.5 Å². The van der Waals surface area contributed by atoms with Crippen molar-refractivity contribution in [3.63, 3.8) is 0 Å². The van der Waals surface area contributed by atoms with Gasteiger partial charge in [0.25, 0.3) is 5.91 Å². The number of rotatable bonds is 6. The summed E-state index contributed by atoms with van der Waals surface area (Å²) < 4.78 is 0. The first kappa shape index (κ1) is 19.6. The smallest absolute Gasteiger partial charge is 0.256 e. The van der Waals surface area contributed by atoms with Gasteiger partial charge in [0.05, 0.1) is 5.75 Å². The number of hydrogen-bond acceptors (Lipinski definition) is 5. The van der Waals surface area contributed by atoms with Gasteiger partial charge in [-0.05, 0) is 49.7 Å². The van der Waals surface area contributed by atoms with Crippen LogP contribution in [0.3, 0.4) is 0 Å². The Morgan fingerprint density at radius 2 is 1.64 bits per heavy atom. The van der Waals surface area contributed by atoms with Crippen LogP contribution in [0.25, 0.3) is 0 Å². The third kappa shape index (κ3) is 5.40. The minimum Gasteiger partial charge on any atom is -0.325 e. The van der Waals surface area contributed by atoms with Crippen LogP contribution < -0.4 is 10.6 Å². The van der Waals surface area contributed by atoms with Gasteiger partial charge in [-0.25, -0.2) is 0 Å². The van der Waals surface area contributed by atoms with Crippen LogP contribution >= 0.6 is 11.8 Å². The van der Waals surface area contributed by atoms with Gasteiger partial charge in [0.15, 0.2) is 5.82 Å². The molecule has 0 saturated carbocycles. The Balaban J connectivity index is 1.51. The number of aromatic nitrogens is 2.